The lowest BCUT2D eigenvalue weighted by Gasteiger charge is -2.08. The fourth-order valence-corrected chi connectivity index (χ4v) is 2.27. The van der Waals surface area contributed by atoms with Crippen LogP contribution >= 0.6 is 0 Å². The maximum Gasteiger partial charge on any atom is 0.488 e. The molecule has 0 atom stereocenters. The van der Waals surface area contributed by atoms with Gasteiger partial charge in [-0.3, -0.25) is 0 Å². The minimum atomic E-state index is -4.03. The molecule has 0 saturated heterocycles. The third-order valence-electron chi connectivity index (χ3n) is 3.53. The smallest absolute Gasteiger partial charge is 0.488 e. The van der Waals surface area contributed by atoms with E-state index in [-0.39, 0.29) is 6.42 Å². The van der Waals surface area contributed by atoms with E-state index in [9.17, 15) is 13.2 Å². The first-order chi connectivity index (χ1) is 10.9. The molecule has 0 radical (unpaired) electrons. The molecule has 0 fully saturated rings. The van der Waals surface area contributed by atoms with Crippen molar-refractivity contribution in [1.29, 1.82) is 0 Å². The molecule has 3 nitrogen and oxygen atoms in total. The second-order valence-electron chi connectivity index (χ2n) is 5.63. The summed E-state index contributed by atoms with van der Waals surface area (Å²) in [7, 11) is -1.50. The van der Waals surface area contributed by atoms with Gasteiger partial charge in [-0.25, -0.2) is 0 Å². The summed E-state index contributed by atoms with van der Waals surface area (Å²) in [5, 5.41) is 18.1. The molecule has 23 heavy (non-hydrogen) atoms. The molecule has 0 spiro atoms. The van der Waals surface area contributed by atoms with Gasteiger partial charge in [0.25, 0.3) is 0 Å². The zero-order valence-electron chi connectivity index (χ0n) is 13.2. The predicted octanol–water partition coefficient (Wildman–Crippen LogP) is 3.43. The largest absolute Gasteiger partial charge is 0.494 e. The first-order valence-electron chi connectivity index (χ1n) is 8.04. The van der Waals surface area contributed by atoms with E-state index in [0.717, 1.165) is 32.1 Å². The van der Waals surface area contributed by atoms with Crippen LogP contribution in [0.15, 0.2) is 24.3 Å². The fraction of sp³-hybridized carbons (Fsp3) is 0.625. The average Bonchev–Trinajstić information content (AvgIpc) is 2.48. The third-order valence-corrected chi connectivity index (χ3v) is 3.53. The molecule has 0 saturated carbocycles. The van der Waals surface area contributed by atoms with Crippen LogP contribution in [0.25, 0.3) is 0 Å². The molecule has 0 aliphatic heterocycles. The molecule has 0 bridgehead atoms. The maximum absolute atomic E-state index is 11.9. The Balaban J connectivity index is 1.98. The van der Waals surface area contributed by atoms with Gasteiger partial charge < -0.3 is 14.8 Å². The van der Waals surface area contributed by atoms with Gasteiger partial charge in [-0.2, -0.15) is 13.2 Å². The molecule has 0 aliphatic carbocycles. The summed E-state index contributed by atoms with van der Waals surface area (Å²) in [5.74, 6) is 0.600. The molecular formula is C16H24BF3O3. The standard InChI is InChI=1S/C16H24BF3O3/c18-16(19,20)11-6-4-2-1-3-5-7-12-23-15-10-8-9-14(13-15)17(21)22/h8-10,13,21-22H,1-7,11-12H2. The highest BCUT2D eigenvalue weighted by atomic mass is 19.4. The molecule has 1 aromatic rings. The highest BCUT2D eigenvalue weighted by molar-refractivity contribution is 6.58. The summed E-state index contributed by atoms with van der Waals surface area (Å²) in [6.45, 7) is 0.541. The summed E-state index contributed by atoms with van der Waals surface area (Å²) in [5.41, 5.74) is 0.390. The predicted molar refractivity (Wildman–Crippen MR) is 84.8 cm³/mol. The molecule has 0 aliphatic rings. The Kier molecular flexibility index (Phi) is 9.10. The van der Waals surface area contributed by atoms with Crippen LogP contribution in [0.1, 0.15) is 51.4 Å². The Morgan fingerprint density at radius 1 is 0.913 bits per heavy atom. The molecule has 7 heteroatoms. The van der Waals surface area contributed by atoms with Crippen molar-refractivity contribution in [2.24, 2.45) is 0 Å². The highest BCUT2D eigenvalue weighted by Gasteiger charge is 2.25. The van der Waals surface area contributed by atoms with Crippen LogP contribution in [0.3, 0.4) is 0 Å². The van der Waals surface area contributed by atoms with Gasteiger partial charge in [-0.1, -0.05) is 44.2 Å². The van der Waals surface area contributed by atoms with Crippen molar-refractivity contribution in [1.82, 2.24) is 0 Å². The van der Waals surface area contributed by atoms with E-state index in [1.54, 1.807) is 24.3 Å². The number of ether oxygens (including phenoxy) is 1. The number of hydrogen-bond donors (Lipinski definition) is 2. The molecular weight excluding hydrogens is 308 g/mol. The zero-order valence-corrected chi connectivity index (χ0v) is 13.2. The molecule has 1 aromatic carbocycles. The number of alkyl halides is 3. The number of halogens is 3. The van der Waals surface area contributed by atoms with Crippen molar-refractivity contribution in [2.45, 2.75) is 57.5 Å². The summed E-state index contributed by atoms with van der Waals surface area (Å²) >= 11 is 0. The fourth-order valence-electron chi connectivity index (χ4n) is 2.27. The Hall–Kier alpha value is -1.21. The Bertz CT molecular complexity index is 439. The minimum Gasteiger partial charge on any atom is -0.494 e. The number of rotatable bonds is 11. The van der Waals surface area contributed by atoms with Crippen LogP contribution in [-0.4, -0.2) is 29.9 Å². The van der Waals surface area contributed by atoms with E-state index in [2.05, 4.69) is 0 Å². The topological polar surface area (TPSA) is 49.7 Å². The van der Waals surface area contributed by atoms with Gasteiger partial charge in [0.2, 0.25) is 0 Å². The minimum absolute atomic E-state index is 0.222. The van der Waals surface area contributed by atoms with Gasteiger partial charge >= 0.3 is 13.3 Å². The number of hydrogen-bond acceptors (Lipinski definition) is 3. The second kappa shape index (κ2) is 10.5. The van der Waals surface area contributed by atoms with Crippen LogP contribution in [0.4, 0.5) is 13.2 Å². The van der Waals surface area contributed by atoms with Crippen molar-refractivity contribution in [3.63, 3.8) is 0 Å². The first kappa shape index (κ1) is 19.8. The molecule has 0 heterocycles. The summed E-state index contributed by atoms with van der Waals surface area (Å²) in [4.78, 5) is 0. The van der Waals surface area contributed by atoms with Crippen LogP contribution in [0.2, 0.25) is 0 Å². The van der Waals surface area contributed by atoms with Crippen LogP contribution in [0.5, 0.6) is 5.75 Å². The van der Waals surface area contributed by atoms with Gasteiger partial charge in [0, 0.05) is 6.42 Å². The molecule has 1 rings (SSSR count). The third kappa shape index (κ3) is 10.2. The van der Waals surface area contributed by atoms with E-state index < -0.39 is 19.7 Å². The van der Waals surface area contributed by atoms with Gasteiger partial charge in [-0.15, -0.1) is 0 Å². The monoisotopic (exact) mass is 332 g/mol. The number of benzene rings is 1. The Morgan fingerprint density at radius 2 is 1.52 bits per heavy atom. The van der Waals surface area contributed by atoms with E-state index in [1.807, 2.05) is 0 Å². The summed E-state index contributed by atoms with van der Waals surface area (Å²) in [6, 6.07) is 6.65. The average molecular weight is 332 g/mol. The van der Waals surface area contributed by atoms with Crippen molar-refractivity contribution in [2.75, 3.05) is 6.61 Å². The van der Waals surface area contributed by atoms with Crippen molar-refractivity contribution in [3.05, 3.63) is 24.3 Å². The van der Waals surface area contributed by atoms with Crippen molar-refractivity contribution in [3.8, 4) is 5.75 Å². The summed E-state index contributed by atoms with van der Waals surface area (Å²) in [6.07, 6.45) is 0.771. The van der Waals surface area contributed by atoms with Gasteiger partial charge in [0.1, 0.15) is 5.75 Å². The lowest BCUT2D eigenvalue weighted by Crippen LogP contribution is -2.29. The lowest BCUT2D eigenvalue weighted by atomic mass is 9.80. The van der Waals surface area contributed by atoms with E-state index in [1.165, 1.54) is 0 Å². The SMILES string of the molecule is OB(O)c1cccc(OCCCCCCCCCC(F)(F)F)c1. The molecule has 2 N–H and O–H groups in total. The van der Waals surface area contributed by atoms with E-state index in [0.29, 0.717) is 24.2 Å². The van der Waals surface area contributed by atoms with Gasteiger partial charge in [-0.05, 0) is 30.4 Å². The van der Waals surface area contributed by atoms with E-state index >= 15 is 0 Å². The Labute approximate surface area is 135 Å². The van der Waals surface area contributed by atoms with Crippen molar-refractivity contribution < 1.29 is 28.0 Å². The maximum atomic E-state index is 11.9. The molecule has 0 amide bonds. The normalized spacial score (nSPS) is 11.5. The van der Waals surface area contributed by atoms with Gasteiger partial charge in [0.15, 0.2) is 0 Å². The highest BCUT2D eigenvalue weighted by Crippen LogP contribution is 2.23. The van der Waals surface area contributed by atoms with Gasteiger partial charge in [0.05, 0.1) is 6.61 Å². The molecule has 130 valence electrons. The quantitative estimate of drug-likeness (QED) is 0.482. The molecule has 0 unspecified atom stereocenters. The summed E-state index contributed by atoms with van der Waals surface area (Å²) < 4.78 is 41.3. The first-order valence-corrected chi connectivity index (χ1v) is 8.04. The van der Waals surface area contributed by atoms with Crippen LogP contribution in [-0.2, 0) is 0 Å². The van der Waals surface area contributed by atoms with Crippen LogP contribution in [0, 0.1) is 0 Å². The van der Waals surface area contributed by atoms with E-state index in [4.69, 9.17) is 14.8 Å². The molecule has 0 aromatic heterocycles. The number of unbranched alkanes of at least 4 members (excludes halogenated alkanes) is 6. The van der Waals surface area contributed by atoms with Crippen LogP contribution < -0.4 is 10.2 Å². The van der Waals surface area contributed by atoms with Crippen molar-refractivity contribution >= 4 is 12.6 Å². The lowest BCUT2D eigenvalue weighted by molar-refractivity contribution is -0.135. The zero-order chi connectivity index (χ0) is 17.1. The Morgan fingerprint density at radius 3 is 2.13 bits per heavy atom. The second-order valence-corrected chi connectivity index (χ2v) is 5.63.